The van der Waals surface area contributed by atoms with Crippen molar-refractivity contribution in [1.82, 2.24) is 0 Å². The molecule has 1 atom stereocenters. The van der Waals surface area contributed by atoms with Crippen LogP contribution in [0.2, 0.25) is 0 Å². The first kappa shape index (κ1) is 14.3. The lowest BCUT2D eigenvalue weighted by atomic mass is 9.95. The van der Waals surface area contributed by atoms with Crippen LogP contribution in [0.4, 0.5) is 0 Å². The fourth-order valence-corrected chi connectivity index (χ4v) is 1.58. The van der Waals surface area contributed by atoms with E-state index in [-0.39, 0.29) is 17.5 Å². The van der Waals surface area contributed by atoms with Crippen LogP contribution in [-0.4, -0.2) is 11.6 Å². The van der Waals surface area contributed by atoms with Gasteiger partial charge < -0.3 is 4.79 Å². The molecule has 0 aliphatic heterocycles. The Morgan fingerprint density at radius 2 is 1.73 bits per heavy atom. The van der Waals surface area contributed by atoms with Crippen LogP contribution in [0, 0.1) is 5.92 Å². The highest BCUT2D eigenvalue weighted by Gasteiger charge is 2.12. The van der Waals surface area contributed by atoms with Crippen LogP contribution in [-0.2, 0) is 9.59 Å². The van der Waals surface area contributed by atoms with Crippen molar-refractivity contribution < 1.29 is 9.59 Å². The molecule has 0 saturated heterocycles. The van der Waals surface area contributed by atoms with E-state index in [4.69, 9.17) is 0 Å². The summed E-state index contributed by atoms with van der Waals surface area (Å²) in [6.45, 7) is 5.70. The molecule has 0 saturated carbocycles. The largest absolute Gasteiger partial charge is 0.300 e. The Morgan fingerprint density at radius 3 is 2.27 bits per heavy atom. The van der Waals surface area contributed by atoms with Gasteiger partial charge in [-0.2, -0.15) is 0 Å². The van der Waals surface area contributed by atoms with E-state index in [0.29, 0.717) is 12.8 Å². The van der Waals surface area contributed by atoms with Crippen LogP contribution in [0.15, 0.2) is 0 Å². The van der Waals surface area contributed by atoms with Gasteiger partial charge in [0.1, 0.15) is 11.6 Å². The lowest BCUT2D eigenvalue weighted by Crippen LogP contribution is -2.12. The van der Waals surface area contributed by atoms with E-state index in [1.54, 1.807) is 6.92 Å². The van der Waals surface area contributed by atoms with Crippen LogP contribution >= 0.6 is 0 Å². The van der Waals surface area contributed by atoms with Crippen LogP contribution in [0.25, 0.3) is 0 Å². The third kappa shape index (κ3) is 8.34. The van der Waals surface area contributed by atoms with E-state index in [0.717, 1.165) is 12.8 Å². The highest BCUT2D eigenvalue weighted by atomic mass is 16.1. The zero-order valence-corrected chi connectivity index (χ0v) is 10.3. The van der Waals surface area contributed by atoms with Crippen LogP contribution in [0.1, 0.15) is 65.7 Å². The number of carbonyl (C=O) groups excluding carboxylic acids is 2. The van der Waals surface area contributed by atoms with Crippen LogP contribution in [0.3, 0.4) is 0 Å². The molecule has 2 nitrogen and oxygen atoms in total. The zero-order chi connectivity index (χ0) is 11.7. The quantitative estimate of drug-likeness (QED) is 0.548. The number of rotatable bonds is 9. The summed E-state index contributed by atoms with van der Waals surface area (Å²) in [5.74, 6) is 0.504. The minimum atomic E-state index is 0.113. The molecule has 1 unspecified atom stereocenters. The Morgan fingerprint density at radius 1 is 1.07 bits per heavy atom. The second-order valence-electron chi connectivity index (χ2n) is 4.42. The second kappa shape index (κ2) is 8.63. The molecular formula is C13H24O2. The van der Waals surface area contributed by atoms with Crippen LogP contribution < -0.4 is 0 Å². The molecule has 0 rings (SSSR count). The number of ketones is 2. The van der Waals surface area contributed by atoms with Gasteiger partial charge in [-0.1, -0.05) is 39.5 Å². The molecule has 0 spiro atoms. The molecule has 0 aromatic rings. The Kier molecular flexibility index (Phi) is 8.25. The van der Waals surface area contributed by atoms with Gasteiger partial charge in [0.25, 0.3) is 0 Å². The van der Waals surface area contributed by atoms with Crippen molar-refractivity contribution >= 4 is 11.6 Å². The summed E-state index contributed by atoms with van der Waals surface area (Å²) < 4.78 is 0. The predicted octanol–water partition coefficient (Wildman–Crippen LogP) is 3.53. The third-order valence-electron chi connectivity index (χ3n) is 2.76. The number of hydrogen-bond acceptors (Lipinski definition) is 2. The minimum Gasteiger partial charge on any atom is -0.300 e. The molecule has 0 heterocycles. The molecule has 0 aromatic heterocycles. The summed E-state index contributed by atoms with van der Waals surface area (Å²) in [7, 11) is 0. The Labute approximate surface area is 93.4 Å². The monoisotopic (exact) mass is 212 g/mol. The normalized spacial score (nSPS) is 12.5. The summed E-state index contributed by atoms with van der Waals surface area (Å²) in [4.78, 5) is 22.3. The molecule has 0 bridgehead atoms. The molecule has 0 aromatic carbocycles. The van der Waals surface area contributed by atoms with E-state index in [9.17, 15) is 9.59 Å². The summed E-state index contributed by atoms with van der Waals surface area (Å²) in [6.07, 6.45) is 6.68. The first-order valence-corrected chi connectivity index (χ1v) is 6.10. The molecular weight excluding hydrogens is 188 g/mol. The van der Waals surface area contributed by atoms with Gasteiger partial charge >= 0.3 is 0 Å². The average molecular weight is 212 g/mol. The smallest absolute Gasteiger partial charge is 0.136 e. The molecule has 0 radical (unpaired) electrons. The molecule has 15 heavy (non-hydrogen) atoms. The fourth-order valence-electron chi connectivity index (χ4n) is 1.58. The molecule has 0 N–H and O–H groups in total. The van der Waals surface area contributed by atoms with Gasteiger partial charge in [-0.15, -0.1) is 0 Å². The summed E-state index contributed by atoms with van der Waals surface area (Å²) in [5, 5.41) is 0. The van der Waals surface area contributed by atoms with Crippen molar-refractivity contribution in [3.8, 4) is 0 Å². The topological polar surface area (TPSA) is 34.1 Å². The Bertz CT molecular complexity index is 197. The van der Waals surface area contributed by atoms with E-state index >= 15 is 0 Å². The van der Waals surface area contributed by atoms with Crippen molar-refractivity contribution in [2.45, 2.75) is 65.7 Å². The predicted molar refractivity (Wildman–Crippen MR) is 62.8 cm³/mol. The van der Waals surface area contributed by atoms with Crippen molar-refractivity contribution in [1.29, 1.82) is 0 Å². The van der Waals surface area contributed by atoms with Gasteiger partial charge in [-0.3, -0.25) is 4.79 Å². The number of Topliss-reactive ketones (excluding diaryl/α,β-unsaturated/α-hetero) is 2. The molecule has 0 aliphatic carbocycles. The Balaban J connectivity index is 3.55. The van der Waals surface area contributed by atoms with Gasteiger partial charge in [0.2, 0.25) is 0 Å². The van der Waals surface area contributed by atoms with E-state index in [2.05, 4.69) is 6.92 Å². The van der Waals surface area contributed by atoms with Crippen molar-refractivity contribution in [2.75, 3.05) is 0 Å². The Hall–Kier alpha value is -0.660. The van der Waals surface area contributed by atoms with Gasteiger partial charge in [-0.25, -0.2) is 0 Å². The average Bonchev–Trinajstić information content (AvgIpc) is 2.20. The standard InChI is InChI=1S/C13H24O2/c1-4-5-6-7-8-11(2)13(15)10-9-12(3)14/h11H,4-10H2,1-3H3. The maximum absolute atomic E-state index is 11.6. The maximum Gasteiger partial charge on any atom is 0.136 e. The number of carbonyl (C=O) groups is 2. The second-order valence-corrected chi connectivity index (χ2v) is 4.42. The summed E-state index contributed by atoms with van der Waals surface area (Å²) >= 11 is 0. The lowest BCUT2D eigenvalue weighted by Gasteiger charge is -2.09. The SMILES string of the molecule is CCCCCCC(C)C(=O)CCC(C)=O. The number of unbranched alkanes of at least 4 members (excludes halogenated alkanes) is 3. The van der Waals surface area contributed by atoms with Gasteiger partial charge in [0.05, 0.1) is 0 Å². The first-order chi connectivity index (χ1) is 7.07. The van der Waals surface area contributed by atoms with Crippen LogP contribution in [0.5, 0.6) is 0 Å². The molecule has 0 amide bonds. The van der Waals surface area contributed by atoms with Crippen molar-refractivity contribution in [3.63, 3.8) is 0 Å². The number of hydrogen-bond donors (Lipinski definition) is 0. The van der Waals surface area contributed by atoms with Gasteiger partial charge in [0, 0.05) is 18.8 Å². The van der Waals surface area contributed by atoms with E-state index in [1.165, 1.54) is 19.3 Å². The van der Waals surface area contributed by atoms with Crippen molar-refractivity contribution in [3.05, 3.63) is 0 Å². The third-order valence-corrected chi connectivity index (χ3v) is 2.76. The van der Waals surface area contributed by atoms with Gasteiger partial charge in [-0.05, 0) is 13.3 Å². The fraction of sp³-hybridized carbons (Fsp3) is 0.846. The highest BCUT2D eigenvalue weighted by molar-refractivity contribution is 5.86. The van der Waals surface area contributed by atoms with Crippen molar-refractivity contribution in [2.24, 2.45) is 5.92 Å². The molecule has 88 valence electrons. The molecule has 2 heteroatoms. The highest BCUT2D eigenvalue weighted by Crippen LogP contribution is 2.13. The maximum atomic E-state index is 11.6. The van der Waals surface area contributed by atoms with E-state index < -0.39 is 0 Å². The lowest BCUT2D eigenvalue weighted by molar-refractivity contribution is -0.125. The van der Waals surface area contributed by atoms with E-state index in [1.807, 2.05) is 6.92 Å². The summed E-state index contributed by atoms with van der Waals surface area (Å²) in [6, 6.07) is 0. The summed E-state index contributed by atoms with van der Waals surface area (Å²) in [5.41, 5.74) is 0. The first-order valence-electron chi connectivity index (χ1n) is 6.10. The zero-order valence-electron chi connectivity index (χ0n) is 10.3. The van der Waals surface area contributed by atoms with Gasteiger partial charge in [0.15, 0.2) is 0 Å². The minimum absolute atomic E-state index is 0.113. The molecule has 0 fully saturated rings. The molecule has 0 aliphatic rings.